The molecule has 1 aromatic rings. The van der Waals surface area contributed by atoms with Gasteiger partial charge in [0, 0.05) is 6.42 Å². The van der Waals surface area contributed by atoms with E-state index in [0.717, 1.165) is 42.3 Å². The summed E-state index contributed by atoms with van der Waals surface area (Å²) in [5.41, 5.74) is 1.39. The van der Waals surface area contributed by atoms with Crippen LogP contribution in [0.25, 0.3) is 0 Å². The summed E-state index contributed by atoms with van der Waals surface area (Å²) in [6.07, 6.45) is 8.09. The van der Waals surface area contributed by atoms with E-state index in [9.17, 15) is 0 Å². The van der Waals surface area contributed by atoms with Gasteiger partial charge in [-0.2, -0.15) is 0 Å². The van der Waals surface area contributed by atoms with Crippen LogP contribution in [0.5, 0.6) is 5.75 Å². The van der Waals surface area contributed by atoms with Crippen LogP contribution in [0.3, 0.4) is 0 Å². The van der Waals surface area contributed by atoms with Gasteiger partial charge in [0.25, 0.3) is 0 Å². The molecule has 0 heterocycles. The fraction of sp³-hybridized carbons (Fsp3) is 0.769. The predicted molar refractivity (Wildman–Crippen MR) is 118 cm³/mol. The third-order valence-electron chi connectivity index (χ3n) is 6.92. The molecule has 2 nitrogen and oxygen atoms in total. The zero-order valence-electron chi connectivity index (χ0n) is 19.0. The van der Waals surface area contributed by atoms with Gasteiger partial charge in [-0.3, -0.25) is 0 Å². The number of hydrogen-bond donors (Lipinski definition) is 0. The molecular formula is C26H42O2. The highest BCUT2D eigenvalue weighted by atomic mass is 16.7. The summed E-state index contributed by atoms with van der Waals surface area (Å²) >= 11 is 0. The summed E-state index contributed by atoms with van der Waals surface area (Å²) in [6.45, 7) is 13.0. The molecular weight excluding hydrogens is 344 g/mol. The lowest BCUT2D eigenvalue weighted by molar-refractivity contribution is -0.249. The van der Waals surface area contributed by atoms with Crippen molar-refractivity contribution in [1.82, 2.24) is 0 Å². The maximum absolute atomic E-state index is 6.52. The van der Waals surface area contributed by atoms with E-state index < -0.39 is 0 Å². The molecule has 6 unspecified atom stereocenters. The average Bonchev–Trinajstić information content (AvgIpc) is 3.03. The van der Waals surface area contributed by atoms with Crippen molar-refractivity contribution in [3.8, 4) is 5.75 Å². The molecule has 0 aliphatic heterocycles. The molecule has 1 aromatic carbocycles. The minimum Gasteiger partial charge on any atom is -0.465 e. The van der Waals surface area contributed by atoms with Gasteiger partial charge in [0.15, 0.2) is 6.29 Å². The quantitative estimate of drug-likeness (QED) is 0.443. The molecule has 158 valence electrons. The highest BCUT2D eigenvalue weighted by molar-refractivity contribution is 5.27. The Hall–Kier alpha value is -1.02. The molecule has 3 aliphatic rings. The van der Waals surface area contributed by atoms with Gasteiger partial charge >= 0.3 is 0 Å². The second kappa shape index (κ2) is 9.65. The Labute approximate surface area is 173 Å². The normalized spacial score (nSPS) is 31.2. The molecule has 6 atom stereocenters. The number of rotatable bonds is 8. The molecule has 0 bridgehead atoms. The van der Waals surface area contributed by atoms with E-state index in [1.54, 1.807) is 0 Å². The maximum atomic E-state index is 6.52. The van der Waals surface area contributed by atoms with E-state index in [4.69, 9.17) is 9.47 Å². The van der Waals surface area contributed by atoms with Crippen LogP contribution in [0.15, 0.2) is 24.3 Å². The van der Waals surface area contributed by atoms with Gasteiger partial charge in [-0.1, -0.05) is 60.1 Å². The van der Waals surface area contributed by atoms with Crippen LogP contribution in [0.1, 0.15) is 79.2 Å². The number of benzene rings is 1. The van der Waals surface area contributed by atoms with Crippen LogP contribution < -0.4 is 4.74 Å². The van der Waals surface area contributed by atoms with E-state index in [-0.39, 0.29) is 6.29 Å². The second-order valence-electron chi connectivity index (χ2n) is 9.83. The Balaban J connectivity index is 0.00000109. The molecule has 0 radical (unpaired) electrons. The van der Waals surface area contributed by atoms with E-state index in [1.807, 2.05) is 13.8 Å². The van der Waals surface area contributed by atoms with Crippen LogP contribution in [-0.2, 0) is 11.2 Å². The van der Waals surface area contributed by atoms with Gasteiger partial charge in [0.05, 0.1) is 6.10 Å². The van der Waals surface area contributed by atoms with Crippen molar-refractivity contribution in [3.05, 3.63) is 29.8 Å². The number of fused-ring (bicyclic) bond motifs is 4. The van der Waals surface area contributed by atoms with E-state index in [1.165, 1.54) is 31.2 Å². The van der Waals surface area contributed by atoms with Gasteiger partial charge in [-0.15, -0.1) is 0 Å². The van der Waals surface area contributed by atoms with E-state index in [0.29, 0.717) is 17.9 Å². The first kappa shape index (κ1) is 21.7. The van der Waals surface area contributed by atoms with Crippen molar-refractivity contribution in [3.63, 3.8) is 0 Å². The van der Waals surface area contributed by atoms with Gasteiger partial charge in [-0.25, -0.2) is 0 Å². The third-order valence-corrected chi connectivity index (χ3v) is 6.92. The summed E-state index contributed by atoms with van der Waals surface area (Å²) in [5, 5.41) is 0. The highest BCUT2D eigenvalue weighted by Gasteiger charge is 2.62. The number of ether oxygens (including phenoxy) is 2. The molecule has 0 spiro atoms. The van der Waals surface area contributed by atoms with E-state index in [2.05, 4.69) is 52.0 Å². The highest BCUT2D eigenvalue weighted by Crippen LogP contribution is 2.65. The summed E-state index contributed by atoms with van der Waals surface area (Å²) in [4.78, 5) is 0. The lowest BCUT2D eigenvalue weighted by Gasteiger charge is -2.61. The molecule has 3 aliphatic carbocycles. The van der Waals surface area contributed by atoms with Gasteiger partial charge in [0.1, 0.15) is 5.75 Å². The zero-order valence-corrected chi connectivity index (χ0v) is 19.0. The molecule has 3 fully saturated rings. The van der Waals surface area contributed by atoms with Crippen LogP contribution in [0.4, 0.5) is 0 Å². The standard InChI is InChI=1S/C24H36O2.C2H6/c1-15(2)12-17-8-10-18(11-9-17)25-23(13-16(3)4)26-22-14-21-19-6-5-7-20(19)24(21)22;1-2/h8-11,15-16,19-24H,5-7,12-14H2,1-4H3;1-2H3. The molecule has 2 heteroatoms. The molecule has 0 amide bonds. The first-order valence-corrected chi connectivity index (χ1v) is 11.9. The topological polar surface area (TPSA) is 18.5 Å². The SMILES string of the molecule is CC.CC(C)Cc1ccc(OC(CC(C)C)OC2CC3C4CCCC4C23)cc1. The minimum absolute atomic E-state index is 0.0997. The molecule has 0 aromatic heterocycles. The second-order valence-corrected chi connectivity index (χ2v) is 9.83. The summed E-state index contributed by atoms with van der Waals surface area (Å²) < 4.78 is 12.8. The van der Waals surface area contributed by atoms with Crippen molar-refractivity contribution in [2.75, 3.05) is 0 Å². The molecule has 0 N–H and O–H groups in total. The Morgan fingerprint density at radius 3 is 2.21 bits per heavy atom. The van der Waals surface area contributed by atoms with Crippen LogP contribution in [0.2, 0.25) is 0 Å². The Kier molecular flexibility index (Phi) is 7.48. The van der Waals surface area contributed by atoms with Crippen LogP contribution in [0, 0.1) is 35.5 Å². The third kappa shape index (κ3) is 4.75. The molecule has 28 heavy (non-hydrogen) atoms. The summed E-state index contributed by atoms with van der Waals surface area (Å²) in [7, 11) is 0. The molecule has 3 saturated carbocycles. The lowest BCUT2D eigenvalue weighted by atomic mass is 9.46. The van der Waals surface area contributed by atoms with Crippen LogP contribution in [-0.4, -0.2) is 12.4 Å². The fourth-order valence-electron chi connectivity index (χ4n) is 5.78. The molecule has 0 saturated heterocycles. The Morgan fingerprint density at radius 2 is 1.57 bits per heavy atom. The van der Waals surface area contributed by atoms with Crippen molar-refractivity contribution < 1.29 is 9.47 Å². The van der Waals surface area contributed by atoms with Gasteiger partial charge in [0.2, 0.25) is 0 Å². The average molecular weight is 387 g/mol. The summed E-state index contributed by atoms with van der Waals surface area (Å²) in [6, 6.07) is 8.65. The lowest BCUT2D eigenvalue weighted by Crippen LogP contribution is -2.61. The summed E-state index contributed by atoms with van der Waals surface area (Å²) in [5.74, 6) is 6.04. The van der Waals surface area contributed by atoms with Crippen molar-refractivity contribution in [2.45, 2.75) is 92.5 Å². The van der Waals surface area contributed by atoms with Crippen LogP contribution >= 0.6 is 0 Å². The van der Waals surface area contributed by atoms with Crippen molar-refractivity contribution in [1.29, 1.82) is 0 Å². The first-order chi connectivity index (χ1) is 13.5. The maximum Gasteiger partial charge on any atom is 0.200 e. The first-order valence-electron chi connectivity index (χ1n) is 11.9. The van der Waals surface area contributed by atoms with E-state index >= 15 is 0 Å². The smallest absolute Gasteiger partial charge is 0.200 e. The van der Waals surface area contributed by atoms with Gasteiger partial charge < -0.3 is 9.47 Å². The monoisotopic (exact) mass is 386 g/mol. The molecule has 4 rings (SSSR count). The Bertz CT molecular complexity index is 591. The minimum atomic E-state index is -0.0997. The Morgan fingerprint density at radius 1 is 0.893 bits per heavy atom. The van der Waals surface area contributed by atoms with Gasteiger partial charge in [-0.05, 0) is 78.9 Å². The van der Waals surface area contributed by atoms with Crippen molar-refractivity contribution >= 4 is 0 Å². The predicted octanol–water partition coefficient (Wildman–Crippen LogP) is 7.11. The largest absolute Gasteiger partial charge is 0.465 e. The fourth-order valence-corrected chi connectivity index (χ4v) is 5.78. The zero-order chi connectivity index (χ0) is 20.3. The number of hydrogen-bond acceptors (Lipinski definition) is 2. The van der Waals surface area contributed by atoms with Crippen molar-refractivity contribution in [2.24, 2.45) is 35.5 Å².